The predicted octanol–water partition coefficient (Wildman–Crippen LogP) is 3.05. The zero-order valence-electron chi connectivity index (χ0n) is 11.6. The lowest BCUT2D eigenvalue weighted by atomic mass is 10.1. The van der Waals surface area contributed by atoms with Crippen molar-refractivity contribution in [3.63, 3.8) is 0 Å². The minimum absolute atomic E-state index is 0.329. The van der Waals surface area contributed by atoms with Gasteiger partial charge in [-0.15, -0.1) is 0 Å². The molecule has 1 N–H and O–H groups in total. The molecular weight excluding hydrogens is 212 g/mol. The van der Waals surface area contributed by atoms with E-state index in [0.717, 1.165) is 31.8 Å². The van der Waals surface area contributed by atoms with Crippen LogP contribution in [0.3, 0.4) is 0 Å². The van der Waals surface area contributed by atoms with Crippen LogP contribution in [-0.4, -0.2) is 30.6 Å². The van der Waals surface area contributed by atoms with Gasteiger partial charge in [0.25, 0.3) is 0 Å². The number of furan rings is 1. The van der Waals surface area contributed by atoms with E-state index in [1.165, 1.54) is 0 Å². The minimum Gasteiger partial charge on any atom is -0.468 e. The second-order valence-electron chi connectivity index (χ2n) is 4.53. The van der Waals surface area contributed by atoms with Crippen molar-refractivity contribution in [2.45, 2.75) is 46.2 Å². The van der Waals surface area contributed by atoms with Gasteiger partial charge in [0, 0.05) is 12.6 Å². The molecule has 1 aromatic rings. The molecule has 1 rings (SSSR count). The summed E-state index contributed by atoms with van der Waals surface area (Å²) < 4.78 is 5.47. The summed E-state index contributed by atoms with van der Waals surface area (Å²) in [6, 6.07) is 4.81. The third-order valence-corrected chi connectivity index (χ3v) is 3.21. The molecule has 0 aliphatic rings. The summed E-state index contributed by atoms with van der Waals surface area (Å²) in [6.45, 7) is 12.2. The quantitative estimate of drug-likeness (QED) is 0.754. The van der Waals surface area contributed by atoms with Gasteiger partial charge in [0.1, 0.15) is 5.76 Å². The van der Waals surface area contributed by atoms with Crippen molar-refractivity contribution in [2.75, 3.05) is 19.6 Å². The van der Waals surface area contributed by atoms with Crippen LogP contribution in [0.4, 0.5) is 0 Å². The highest BCUT2D eigenvalue weighted by Gasteiger charge is 2.15. The molecule has 0 aliphatic heterocycles. The first kappa shape index (κ1) is 14.3. The van der Waals surface area contributed by atoms with Crippen LogP contribution < -0.4 is 5.32 Å². The molecule has 0 aromatic carbocycles. The van der Waals surface area contributed by atoms with E-state index in [9.17, 15) is 0 Å². The van der Waals surface area contributed by atoms with Gasteiger partial charge in [-0.1, -0.05) is 20.8 Å². The Morgan fingerprint density at radius 3 is 2.47 bits per heavy atom. The highest BCUT2D eigenvalue weighted by atomic mass is 16.3. The van der Waals surface area contributed by atoms with Gasteiger partial charge in [-0.05, 0) is 38.6 Å². The normalized spacial score (nSPS) is 15.1. The average molecular weight is 238 g/mol. The molecule has 17 heavy (non-hydrogen) atoms. The molecule has 0 saturated heterocycles. The SMILES string of the molecule is CCC(NC(C)CN(CC)CC)c1ccco1. The molecule has 0 spiro atoms. The molecule has 2 unspecified atom stereocenters. The first-order chi connectivity index (χ1) is 8.21. The number of likely N-dealkylation sites (N-methyl/N-ethyl adjacent to an activating group) is 1. The molecule has 0 aliphatic carbocycles. The zero-order chi connectivity index (χ0) is 12.7. The monoisotopic (exact) mass is 238 g/mol. The third kappa shape index (κ3) is 4.52. The molecule has 0 radical (unpaired) electrons. The number of rotatable bonds is 8. The summed E-state index contributed by atoms with van der Waals surface area (Å²) in [7, 11) is 0. The van der Waals surface area contributed by atoms with Crippen molar-refractivity contribution in [3.05, 3.63) is 24.2 Å². The van der Waals surface area contributed by atoms with Crippen LogP contribution in [-0.2, 0) is 0 Å². The van der Waals surface area contributed by atoms with Crippen LogP contribution >= 0.6 is 0 Å². The van der Waals surface area contributed by atoms with Crippen molar-refractivity contribution in [1.29, 1.82) is 0 Å². The van der Waals surface area contributed by atoms with Gasteiger partial charge in [0.2, 0.25) is 0 Å². The van der Waals surface area contributed by atoms with E-state index in [4.69, 9.17) is 4.42 Å². The molecule has 1 aromatic heterocycles. The molecule has 98 valence electrons. The van der Waals surface area contributed by atoms with E-state index in [1.54, 1.807) is 6.26 Å². The van der Waals surface area contributed by atoms with E-state index >= 15 is 0 Å². The van der Waals surface area contributed by atoms with Gasteiger partial charge in [0.05, 0.1) is 12.3 Å². The fraction of sp³-hybridized carbons (Fsp3) is 0.714. The minimum atomic E-state index is 0.329. The summed E-state index contributed by atoms with van der Waals surface area (Å²) in [6.07, 6.45) is 2.80. The Balaban J connectivity index is 2.45. The molecule has 3 heteroatoms. The van der Waals surface area contributed by atoms with Gasteiger partial charge < -0.3 is 14.6 Å². The van der Waals surface area contributed by atoms with E-state index in [1.807, 2.05) is 12.1 Å². The number of nitrogens with one attached hydrogen (secondary N) is 1. The van der Waals surface area contributed by atoms with Crippen LogP contribution in [0.5, 0.6) is 0 Å². The van der Waals surface area contributed by atoms with Crippen LogP contribution in [0.2, 0.25) is 0 Å². The van der Waals surface area contributed by atoms with E-state index in [-0.39, 0.29) is 0 Å². The maximum absolute atomic E-state index is 5.47. The number of hydrogen-bond acceptors (Lipinski definition) is 3. The van der Waals surface area contributed by atoms with Gasteiger partial charge in [-0.2, -0.15) is 0 Å². The Kier molecular flexibility index (Phi) is 6.30. The van der Waals surface area contributed by atoms with Crippen LogP contribution in [0.25, 0.3) is 0 Å². The maximum Gasteiger partial charge on any atom is 0.120 e. The zero-order valence-corrected chi connectivity index (χ0v) is 11.6. The summed E-state index contributed by atoms with van der Waals surface area (Å²) in [5.74, 6) is 1.04. The molecule has 3 nitrogen and oxygen atoms in total. The highest BCUT2D eigenvalue weighted by molar-refractivity contribution is 5.04. The van der Waals surface area contributed by atoms with E-state index in [2.05, 4.69) is 37.9 Å². The predicted molar refractivity (Wildman–Crippen MR) is 72.1 cm³/mol. The van der Waals surface area contributed by atoms with E-state index < -0.39 is 0 Å². The maximum atomic E-state index is 5.47. The molecule has 0 bridgehead atoms. The summed E-state index contributed by atoms with van der Waals surface area (Å²) in [5.41, 5.74) is 0. The molecular formula is C14H26N2O. The van der Waals surface area contributed by atoms with Crippen molar-refractivity contribution in [3.8, 4) is 0 Å². The highest BCUT2D eigenvalue weighted by Crippen LogP contribution is 2.17. The number of hydrogen-bond donors (Lipinski definition) is 1. The Bertz CT molecular complexity index is 280. The lowest BCUT2D eigenvalue weighted by molar-refractivity contribution is 0.254. The summed E-state index contributed by atoms with van der Waals surface area (Å²) >= 11 is 0. The van der Waals surface area contributed by atoms with Crippen molar-refractivity contribution in [2.24, 2.45) is 0 Å². The third-order valence-electron chi connectivity index (χ3n) is 3.21. The van der Waals surface area contributed by atoms with Crippen LogP contribution in [0.1, 0.15) is 45.9 Å². The topological polar surface area (TPSA) is 28.4 Å². The fourth-order valence-corrected chi connectivity index (χ4v) is 2.16. The van der Waals surface area contributed by atoms with Crippen molar-refractivity contribution < 1.29 is 4.42 Å². The fourth-order valence-electron chi connectivity index (χ4n) is 2.16. The molecule has 2 atom stereocenters. The largest absolute Gasteiger partial charge is 0.468 e. The summed E-state index contributed by atoms with van der Waals surface area (Å²) in [4.78, 5) is 2.44. The smallest absolute Gasteiger partial charge is 0.120 e. The average Bonchev–Trinajstić information content (AvgIpc) is 2.86. The second kappa shape index (κ2) is 7.51. The Hall–Kier alpha value is -0.800. The Morgan fingerprint density at radius 2 is 2.00 bits per heavy atom. The van der Waals surface area contributed by atoms with Crippen LogP contribution in [0.15, 0.2) is 22.8 Å². The van der Waals surface area contributed by atoms with Crippen molar-refractivity contribution >= 4 is 0 Å². The first-order valence-corrected chi connectivity index (χ1v) is 6.73. The lowest BCUT2D eigenvalue weighted by Crippen LogP contribution is -2.40. The molecule has 1 heterocycles. The molecule has 0 fully saturated rings. The summed E-state index contributed by atoms with van der Waals surface area (Å²) in [5, 5.41) is 3.63. The Morgan fingerprint density at radius 1 is 1.29 bits per heavy atom. The lowest BCUT2D eigenvalue weighted by Gasteiger charge is -2.26. The first-order valence-electron chi connectivity index (χ1n) is 6.73. The molecule has 0 amide bonds. The van der Waals surface area contributed by atoms with E-state index in [0.29, 0.717) is 12.1 Å². The van der Waals surface area contributed by atoms with Crippen molar-refractivity contribution in [1.82, 2.24) is 10.2 Å². The van der Waals surface area contributed by atoms with Crippen LogP contribution in [0, 0.1) is 0 Å². The number of nitrogens with zero attached hydrogens (tertiary/aromatic N) is 1. The second-order valence-corrected chi connectivity index (χ2v) is 4.53. The standard InChI is InChI=1S/C14H26N2O/c1-5-13(14-9-8-10-17-14)15-12(4)11-16(6-2)7-3/h8-10,12-13,15H,5-7,11H2,1-4H3. The van der Waals surface area contributed by atoms with Gasteiger partial charge in [-0.25, -0.2) is 0 Å². The van der Waals surface area contributed by atoms with Gasteiger partial charge >= 0.3 is 0 Å². The van der Waals surface area contributed by atoms with Gasteiger partial charge in [-0.3, -0.25) is 0 Å². The van der Waals surface area contributed by atoms with Gasteiger partial charge in [0.15, 0.2) is 0 Å². The Labute approximate surface area is 105 Å². The molecule has 0 saturated carbocycles.